The van der Waals surface area contributed by atoms with Gasteiger partial charge in [0.05, 0.1) is 13.2 Å². The minimum absolute atomic E-state index is 0.878. The zero-order valence-electron chi connectivity index (χ0n) is 12.2. The molecule has 1 fully saturated rings. The van der Waals surface area contributed by atoms with E-state index in [-0.39, 0.29) is 0 Å². The molecule has 0 aromatic heterocycles. The van der Waals surface area contributed by atoms with Gasteiger partial charge in [-0.1, -0.05) is 0 Å². The zero-order valence-corrected chi connectivity index (χ0v) is 14.1. The molecule has 5 heteroatoms. The van der Waals surface area contributed by atoms with Crippen molar-refractivity contribution < 1.29 is 9.16 Å². The maximum atomic E-state index is 5.84. The number of hydrogen-bond acceptors (Lipinski definition) is 4. The molecule has 3 nitrogen and oxygen atoms in total. The minimum Gasteiger partial charge on any atom is -0.418 e. The van der Waals surface area contributed by atoms with E-state index in [1.165, 1.54) is 30.5 Å². The molecule has 108 valence electrons. The average Bonchev–Trinajstić information content (AvgIpc) is 2.35. The molecule has 0 saturated carbocycles. The van der Waals surface area contributed by atoms with Crippen molar-refractivity contribution >= 4 is 20.1 Å². The highest BCUT2D eigenvalue weighted by atomic mass is 32.2. The summed E-state index contributed by atoms with van der Waals surface area (Å²) in [4.78, 5) is 2.51. The minimum atomic E-state index is -1.34. The second-order valence-corrected chi connectivity index (χ2v) is 10.9. The van der Waals surface area contributed by atoms with Gasteiger partial charge < -0.3 is 9.16 Å². The summed E-state index contributed by atoms with van der Waals surface area (Å²) in [7, 11) is -1.34. The Kier molecular flexibility index (Phi) is 8.59. The van der Waals surface area contributed by atoms with Crippen LogP contribution in [0.4, 0.5) is 0 Å². The third-order valence-electron chi connectivity index (χ3n) is 3.26. The van der Waals surface area contributed by atoms with Crippen molar-refractivity contribution in [3.8, 4) is 0 Å². The molecule has 0 atom stereocenters. The van der Waals surface area contributed by atoms with Crippen LogP contribution in [0.5, 0.6) is 0 Å². The maximum absolute atomic E-state index is 5.84. The first-order valence-corrected chi connectivity index (χ1v) is 11.4. The van der Waals surface area contributed by atoms with Gasteiger partial charge in [-0.15, -0.1) is 0 Å². The van der Waals surface area contributed by atoms with Crippen LogP contribution in [0, 0.1) is 0 Å². The van der Waals surface area contributed by atoms with E-state index in [0.29, 0.717) is 0 Å². The smallest absolute Gasteiger partial charge is 0.186 e. The van der Waals surface area contributed by atoms with Crippen molar-refractivity contribution in [3.63, 3.8) is 0 Å². The molecule has 0 aromatic carbocycles. The topological polar surface area (TPSA) is 21.7 Å². The molecular weight excluding hydrogens is 262 g/mol. The molecule has 1 saturated heterocycles. The van der Waals surface area contributed by atoms with E-state index in [9.17, 15) is 0 Å². The van der Waals surface area contributed by atoms with Gasteiger partial charge in [-0.3, -0.25) is 4.90 Å². The fourth-order valence-electron chi connectivity index (χ4n) is 2.18. The monoisotopic (exact) mass is 291 g/mol. The van der Waals surface area contributed by atoms with Crippen molar-refractivity contribution in [2.45, 2.75) is 32.5 Å². The normalized spacial score (nSPS) is 18.2. The van der Waals surface area contributed by atoms with Gasteiger partial charge in [0.1, 0.15) is 0 Å². The van der Waals surface area contributed by atoms with Crippen molar-refractivity contribution in [2.75, 3.05) is 51.0 Å². The molecule has 18 heavy (non-hydrogen) atoms. The van der Waals surface area contributed by atoms with Crippen LogP contribution < -0.4 is 0 Å². The summed E-state index contributed by atoms with van der Waals surface area (Å²) in [5.41, 5.74) is 0. The first-order valence-electron chi connectivity index (χ1n) is 7.16. The summed E-state index contributed by atoms with van der Waals surface area (Å²) in [5, 5.41) is 0. The van der Waals surface area contributed by atoms with E-state index in [2.05, 4.69) is 36.7 Å². The van der Waals surface area contributed by atoms with Gasteiger partial charge >= 0.3 is 0 Å². The first-order chi connectivity index (χ1) is 8.64. The zero-order chi connectivity index (χ0) is 13.3. The van der Waals surface area contributed by atoms with Crippen LogP contribution in [-0.2, 0) is 9.16 Å². The molecule has 0 unspecified atom stereocenters. The largest absolute Gasteiger partial charge is 0.418 e. The van der Waals surface area contributed by atoms with Gasteiger partial charge in [-0.25, -0.2) is 0 Å². The number of rotatable bonds is 9. The van der Waals surface area contributed by atoms with E-state index in [0.717, 1.165) is 32.9 Å². The third-order valence-corrected chi connectivity index (χ3v) is 6.93. The lowest BCUT2D eigenvalue weighted by molar-refractivity contribution is 0.0410. The Balaban J connectivity index is 1.92. The lowest BCUT2D eigenvalue weighted by Crippen LogP contribution is -2.37. The van der Waals surface area contributed by atoms with Crippen molar-refractivity contribution in [1.82, 2.24) is 4.90 Å². The molecule has 0 radical (unpaired) electrons. The molecule has 1 aliphatic rings. The second-order valence-electron chi connectivity index (χ2n) is 5.36. The van der Waals surface area contributed by atoms with E-state index >= 15 is 0 Å². The summed E-state index contributed by atoms with van der Waals surface area (Å²) in [6.07, 6.45) is 1.31. The predicted octanol–water partition coefficient (Wildman–Crippen LogP) is 2.68. The summed E-state index contributed by atoms with van der Waals surface area (Å²) >= 11 is 2.09. The molecular formula is C13H29NO2SSi. The standard InChI is InChI=1S/C13H29NO2SSi/c1-4-16-18(2,3)13-5-11-17-12-8-14-6-9-15-10-7-14/h4-13H2,1-3H3. The molecule has 0 N–H and O–H groups in total. The molecule has 0 amide bonds. The highest BCUT2D eigenvalue weighted by Crippen LogP contribution is 2.16. The summed E-state index contributed by atoms with van der Waals surface area (Å²) < 4.78 is 11.2. The molecule has 0 aliphatic carbocycles. The number of thioether (sulfide) groups is 1. The number of hydrogen-bond donors (Lipinski definition) is 0. The Hall–Kier alpha value is 0.447. The van der Waals surface area contributed by atoms with Crippen molar-refractivity contribution in [3.05, 3.63) is 0 Å². The highest BCUT2D eigenvalue weighted by Gasteiger charge is 2.20. The highest BCUT2D eigenvalue weighted by molar-refractivity contribution is 7.99. The molecule has 1 rings (SSSR count). The predicted molar refractivity (Wildman–Crippen MR) is 83.1 cm³/mol. The second kappa shape index (κ2) is 9.37. The quantitative estimate of drug-likeness (QED) is 0.481. The Labute approximate surface area is 118 Å². The Morgan fingerprint density at radius 1 is 1.22 bits per heavy atom. The maximum Gasteiger partial charge on any atom is 0.186 e. The first kappa shape index (κ1) is 16.5. The summed E-state index contributed by atoms with van der Waals surface area (Å²) in [6.45, 7) is 12.9. The molecule has 1 heterocycles. The van der Waals surface area contributed by atoms with Crippen LogP contribution >= 0.6 is 11.8 Å². The van der Waals surface area contributed by atoms with Crippen molar-refractivity contribution in [1.29, 1.82) is 0 Å². The van der Waals surface area contributed by atoms with Gasteiger partial charge in [-0.05, 0) is 38.2 Å². The summed E-state index contributed by atoms with van der Waals surface area (Å²) in [5.74, 6) is 2.55. The summed E-state index contributed by atoms with van der Waals surface area (Å²) in [6, 6.07) is 1.30. The fourth-order valence-corrected chi connectivity index (χ4v) is 5.33. The number of ether oxygens (including phenoxy) is 1. The average molecular weight is 292 g/mol. The lowest BCUT2D eigenvalue weighted by Gasteiger charge is -2.26. The third kappa shape index (κ3) is 7.79. The van der Waals surface area contributed by atoms with Crippen molar-refractivity contribution in [2.24, 2.45) is 0 Å². The van der Waals surface area contributed by atoms with Gasteiger partial charge in [0.2, 0.25) is 0 Å². The number of morpholine rings is 1. The molecule has 0 aromatic rings. The molecule has 0 spiro atoms. The van der Waals surface area contributed by atoms with Gasteiger partial charge in [-0.2, -0.15) is 11.8 Å². The SMILES string of the molecule is CCO[Si](C)(C)CCCSCCN1CCOCC1. The molecule has 1 aliphatic heterocycles. The van der Waals surface area contributed by atoms with E-state index in [1.807, 2.05) is 0 Å². The number of nitrogens with zero attached hydrogens (tertiary/aromatic N) is 1. The van der Waals surface area contributed by atoms with Crippen LogP contribution in [0.3, 0.4) is 0 Å². The van der Waals surface area contributed by atoms with Crippen LogP contribution in [-0.4, -0.2) is 64.2 Å². The van der Waals surface area contributed by atoms with Crippen LogP contribution in [0.1, 0.15) is 13.3 Å². The van der Waals surface area contributed by atoms with Gasteiger partial charge in [0, 0.05) is 32.0 Å². The van der Waals surface area contributed by atoms with Crippen LogP contribution in [0.15, 0.2) is 0 Å². The van der Waals surface area contributed by atoms with Gasteiger partial charge in [0.15, 0.2) is 8.32 Å². The van der Waals surface area contributed by atoms with E-state index < -0.39 is 8.32 Å². The Morgan fingerprint density at radius 3 is 2.61 bits per heavy atom. The van der Waals surface area contributed by atoms with E-state index in [4.69, 9.17) is 9.16 Å². The Bertz CT molecular complexity index is 211. The van der Waals surface area contributed by atoms with Crippen LogP contribution in [0.25, 0.3) is 0 Å². The van der Waals surface area contributed by atoms with Gasteiger partial charge in [0.25, 0.3) is 0 Å². The van der Waals surface area contributed by atoms with E-state index in [1.54, 1.807) is 0 Å². The Morgan fingerprint density at radius 2 is 1.94 bits per heavy atom. The lowest BCUT2D eigenvalue weighted by atomic mass is 10.4. The molecule has 0 bridgehead atoms. The van der Waals surface area contributed by atoms with Crippen LogP contribution in [0.2, 0.25) is 19.1 Å². The fraction of sp³-hybridized carbons (Fsp3) is 1.00.